The van der Waals surface area contributed by atoms with Gasteiger partial charge in [-0.25, -0.2) is 0 Å². The Morgan fingerprint density at radius 3 is 2.14 bits per heavy atom. The molecule has 40 valence electrons. The molecule has 0 aromatic rings. The van der Waals surface area contributed by atoms with Gasteiger partial charge in [-0.15, -0.1) is 0 Å². The van der Waals surface area contributed by atoms with Gasteiger partial charge in [-0.1, -0.05) is 0 Å². The Balaban J connectivity index is -0.0000000417. The van der Waals surface area contributed by atoms with Crippen LogP contribution in [-0.2, 0) is 4.79 Å². The number of carboxylic acids is 1. The van der Waals surface area contributed by atoms with E-state index >= 15 is 0 Å². The first-order valence-corrected chi connectivity index (χ1v) is 1.63. The van der Waals surface area contributed by atoms with Crippen LogP contribution in [0.25, 0.3) is 0 Å². The predicted molar refractivity (Wildman–Crippen MR) is 29.3 cm³/mol. The van der Waals surface area contributed by atoms with Crippen molar-refractivity contribution in [3.8, 4) is 0 Å². The molecule has 3 N–H and O–H groups in total. The number of carboxylic acid groups (broad SMARTS) is 1. The molecular weight excluding hydrogens is 170 g/mol. The Bertz CT molecular complexity index is 70.8. The fourth-order valence-electron chi connectivity index (χ4n) is 0. The van der Waals surface area contributed by atoms with Crippen molar-refractivity contribution in [3.05, 3.63) is 0 Å². The molecule has 0 aliphatic heterocycles. The van der Waals surface area contributed by atoms with Crippen LogP contribution in [0.2, 0.25) is 0 Å². The van der Waals surface area contributed by atoms with Crippen LogP contribution in [0.1, 0.15) is 9.78 Å². The summed E-state index contributed by atoms with van der Waals surface area (Å²) < 4.78 is 0. The fourth-order valence-corrected chi connectivity index (χ4v) is 0. The average molecular weight is 179 g/mol. The zero-order valence-corrected chi connectivity index (χ0v) is 7.69. The quantitative estimate of drug-likeness (QED) is 0.521. The SMILES string of the molecule is C[C@H](N)C(=O)O.[H-].[H-].[Sr+2]. The molecule has 0 amide bonds. The average Bonchev–Trinajstić information content (AvgIpc) is 1.36. The third-order valence-corrected chi connectivity index (χ3v) is 0.390. The van der Waals surface area contributed by atoms with Crippen molar-refractivity contribution in [3.63, 3.8) is 0 Å². The minimum atomic E-state index is -0.963. The van der Waals surface area contributed by atoms with Crippen molar-refractivity contribution in [2.24, 2.45) is 5.73 Å². The van der Waals surface area contributed by atoms with Crippen LogP contribution in [0.3, 0.4) is 0 Å². The first kappa shape index (κ1) is 10.8. The predicted octanol–water partition coefficient (Wildman–Crippen LogP) is -0.738. The summed E-state index contributed by atoms with van der Waals surface area (Å²) in [4.78, 5) is 9.57. The maximum absolute atomic E-state index is 9.57. The third kappa shape index (κ3) is 6.91. The van der Waals surface area contributed by atoms with E-state index in [1.807, 2.05) is 0 Å². The summed E-state index contributed by atoms with van der Waals surface area (Å²) in [5.41, 5.74) is 4.84. The van der Waals surface area contributed by atoms with E-state index in [0.717, 1.165) is 0 Å². The minimum absolute atomic E-state index is 0. The van der Waals surface area contributed by atoms with Gasteiger partial charge in [0.2, 0.25) is 0 Å². The molecule has 0 aliphatic rings. The van der Waals surface area contributed by atoms with E-state index < -0.39 is 12.0 Å². The molecule has 0 radical (unpaired) electrons. The summed E-state index contributed by atoms with van der Waals surface area (Å²) in [5.74, 6) is -0.963. The molecule has 1 atom stereocenters. The van der Waals surface area contributed by atoms with E-state index in [-0.39, 0.29) is 48.3 Å². The summed E-state index contributed by atoms with van der Waals surface area (Å²) in [6.07, 6.45) is 0. The second-order valence-corrected chi connectivity index (χ2v) is 1.13. The summed E-state index contributed by atoms with van der Waals surface area (Å²) >= 11 is 0. The largest absolute Gasteiger partial charge is 2.00 e. The number of hydrogen-bond acceptors (Lipinski definition) is 2. The van der Waals surface area contributed by atoms with Gasteiger partial charge in [-0.2, -0.15) is 0 Å². The molecule has 4 heteroatoms. The Hall–Kier alpha value is 0.911. The molecule has 0 aromatic heterocycles. The molecule has 7 heavy (non-hydrogen) atoms. The van der Waals surface area contributed by atoms with E-state index in [0.29, 0.717) is 0 Å². The Labute approximate surface area is 82.1 Å². The van der Waals surface area contributed by atoms with Crippen LogP contribution >= 0.6 is 0 Å². The van der Waals surface area contributed by atoms with Gasteiger partial charge in [-0.3, -0.25) is 4.79 Å². The molecule has 0 bridgehead atoms. The molecule has 0 aliphatic carbocycles. The van der Waals surface area contributed by atoms with Crippen LogP contribution in [0.15, 0.2) is 0 Å². The normalized spacial score (nSPS) is 11.7. The second kappa shape index (κ2) is 5.06. The van der Waals surface area contributed by atoms with Gasteiger partial charge >= 0.3 is 51.5 Å². The van der Waals surface area contributed by atoms with Gasteiger partial charge in [0.15, 0.2) is 0 Å². The molecule has 0 saturated heterocycles. The smallest absolute Gasteiger partial charge is 1.00 e. The number of carbonyl (C=O) groups is 1. The van der Waals surface area contributed by atoms with Crippen LogP contribution < -0.4 is 5.73 Å². The third-order valence-electron chi connectivity index (χ3n) is 0.390. The molecule has 0 aromatic carbocycles. The number of nitrogens with two attached hydrogens (primary N) is 1. The number of aliphatic carboxylic acids is 1. The van der Waals surface area contributed by atoms with Crippen molar-refractivity contribution in [1.29, 1.82) is 0 Å². The van der Waals surface area contributed by atoms with Crippen LogP contribution in [0.5, 0.6) is 0 Å². The molecule has 0 unspecified atom stereocenters. The monoisotopic (exact) mass is 179 g/mol. The summed E-state index contributed by atoms with van der Waals surface area (Å²) in [6.45, 7) is 1.42. The van der Waals surface area contributed by atoms with Crippen LogP contribution in [-0.4, -0.2) is 62.6 Å². The molecule has 0 saturated carbocycles. The number of hydrogen-bond donors (Lipinski definition) is 2. The zero-order valence-electron chi connectivity index (χ0n) is 6.22. The van der Waals surface area contributed by atoms with E-state index in [1.165, 1.54) is 6.92 Å². The standard InChI is InChI=1S/C3H7NO2.Sr.2H/c1-2(4)3(5)6;;;/h2H,4H2,1H3,(H,5,6);;;/q;+2;2*-1/t2-;;;/m0.../s1. The summed E-state index contributed by atoms with van der Waals surface area (Å²) in [7, 11) is 0. The molecular formula is C3H9NO2Sr. The summed E-state index contributed by atoms with van der Waals surface area (Å²) in [5, 5.41) is 7.87. The minimum Gasteiger partial charge on any atom is -1.00 e. The van der Waals surface area contributed by atoms with Gasteiger partial charge in [0.25, 0.3) is 0 Å². The van der Waals surface area contributed by atoms with Crippen molar-refractivity contribution in [2.75, 3.05) is 0 Å². The molecule has 3 nitrogen and oxygen atoms in total. The van der Waals surface area contributed by atoms with Crippen molar-refractivity contribution in [1.82, 2.24) is 0 Å². The summed E-state index contributed by atoms with van der Waals surface area (Å²) in [6, 6.07) is -0.731. The second-order valence-electron chi connectivity index (χ2n) is 1.13. The topological polar surface area (TPSA) is 63.3 Å². The van der Waals surface area contributed by atoms with Crippen molar-refractivity contribution in [2.45, 2.75) is 13.0 Å². The van der Waals surface area contributed by atoms with Crippen molar-refractivity contribution >= 4 is 51.5 Å². The van der Waals surface area contributed by atoms with Crippen LogP contribution in [0, 0.1) is 0 Å². The van der Waals surface area contributed by atoms with Gasteiger partial charge in [-0.05, 0) is 6.92 Å². The Morgan fingerprint density at radius 1 is 2.00 bits per heavy atom. The van der Waals surface area contributed by atoms with Gasteiger partial charge < -0.3 is 13.7 Å². The zero-order chi connectivity index (χ0) is 5.15. The van der Waals surface area contributed by atoms with Gasteiger partial charge in [0.1, 0.15) is 6.04 Å². The first-order chi connectivity index (χ1) is 2.64. The van der Waals surface area contributed by atoms with E-state index in [4.69, 9.17) is 10.8 Å². The maximum atomic E-state index is 9.57. The molecule has 0 spiro atoms. The van der Waals surface area contributed by atoms with Crippen molar-refractivity contribution < 1.29 is 12.8 Å². The molecule has 0 rings (SSSR count). The fraction of sp³-hybridized carbons (Fsp3) is 0.667. The Morgan fingerprint density at radius 2 is 2.14 bits per heavy atom. The van der Waals surface area contributed by atoms with Gasteiger partial charge in [0.05, 0.1) is 0 Å². The molecule has 0 heterocycles. The van der Waals surface area contributed by atoms with E-state index in [9.17, 15) is 4.79 Å². The van der Waals surface area contributed by atoms with Gasteiger partial charge in [0, 0.05) is 0 Å². The van der Waals surface area contributed by atoms with E-state index in [1.54, 1.807) is 0 Å². The molecule has 0 fully saturated rings. The first-order valence-electron chi connectivity index (χ1n) is 1.63. The van der Waals surface area contributed by atoms with Crippen LogP contribution in [0.4, 0.5) is 0 Å². The Kier molecular flexibility index (Phi) is 7.81. The van der Waals surface area contributed by atoms with E-state index in [2.05, 4.69) is 0 Å². The maximum Gasteiger partial charge on any atom is 2.00 e. The number of rotatable bonds is 1.